The van der Waals surface area contributed by atoms with Crippen LogP contribution in [0.1, 0.15) is 247 Å². The largest absolute Gasteiger partial charge is 0.455 e. The number of rotatable bonds is 43. The van der Waals surface area contributed by atoms with Crippen LogP contribution in [0.25, 0.3) is 0 Å². The van der Waals surface area contributed by atoms with E-state index in [0.717, 1.165) is 38.5 Å². The number of ether oxygens (including phenoxy) is 5. The van der Waals surface area contributed by atoms with E-state index in [1.54, 1.807) is 0 Å². The summed E-state index contributed by atoms with van der Waals surface area (Å²) < 4.78 is 29.0. The highest BCUT2D eigenvalue weighted by Gasteiger charge is 2.53. The van der Waals surface area contributed by atoms with Crippen LogP contribution < -0.4 is 0 Å². The molecule has 0 radical (unpaired) electrons. The van der Waals surface area contributed by atoms with E-state index in [1.807, 2.05) is 6.92 Å². The summed E-state index contributed by atoms with van der Waals surface area (Å²) in [4.78, 5) is 27.3. The predicted octanol–water partition coefficient (Wildman–Crippen LogP) is 9.89. The second kappa shape index (κ2) is 39.9. The normalized spacial score (nSPS) is 26.7. The lowest BCUT2D eigenvalue weighted by Crippen LogP contribution is -2.65. The average Bonchev–Trinajstić information content (AvgIpc) is 3.35. The molecule has 14 nitrogen and oxygen atoms in total. The lowest BCUT2D eigenvalue weighted by atomic mass is 9.85. The molecule has 2 aliphatic rings. The van der Waals surface area contributed by atoms with Gasteiger partial charge in [0, 0.05) is 6.42 Å². The van der Waals surface area contributed by atoms with Gasteiger partial charge >= 0.3 is 11.9 Å². The van der Waals surface area contributed by atoms with E-state index in [1.165, 1.54) is 161 Å². The Morgan fingerprint density at radius 2 is 0.886 bits per heavy atom. The Morgan fingerprint density at radius 3 is 1.33 bits per heavy atom. The van der Waals surface area contributed by atoms with Gasteiger partial charge in [0.2, 0.25) is 6.29 Å². The Bertz CT molecular complexity index is 1270. The molecule has 414 valence electrons. The SMILES string of the molecule is CCCCCCCCCCCCCCCCCC(=O)O[C@@H]1C(OC(=O)[C@@H](C)[C@@H](O)[C@@H](C)C[C@@H](C)CCCCCCCCCCCCCCCCC)[C@H](O)C(CO)O[C@@H]1O[C@H]1OC(CO)[C@@H](O)C(O)[C@@H]1O. The van der Waals surface area contributed by atoms with Crippen molar-refractivity contribution in [1.82, 2.24) is 0 Å². The molecule has 7 N–H and O–H groups in total. The molecule has 0 aliphatic carbocycles. The number of hydrogen-bond donors (Lipinski definition) is 7. The van der Waals surface area contributed by atoms with Gasteiger partial charge in [0.1, 0.15) is 36.6 Å². The smallest absolute Gasteiger partial charge is 0.311 e. The molecule has 2 saturated heterocycles. The first-order chi connectivity index (χ1) is 33.8. The maximum atomic E-state index is 13.9. The predicted molar refractivity (Wildman–Crippen MR) is 274 cm³/mol. The zero-order valence-electron chi connectivity index (χ0n) is 44.8. The van der Waals surface area contributed by atoms with Crippen LogP contribution >= 0.6 is 0 Å². The Kier molecular flexibility index (Phi) is 36.9. The molecule has 2 heterocycles. The van der Waals surface area contributed by atoms with Gasteiger partial charge in [-0.05, 0) is 31.6 Å². The first kappa shape index (κ1) is 64.7. The second-order valence-electron chi connectivity index (χ2n) is 21.4. The van der Waals surface area contributed by atoms with Crippen LogP contribution in [0.5, 0.6) is 0 Å². The van der Waals surface area contributed by atoms with E-state index in [0.29, 0.717) is 18.8 Å². The van der Waals surface area contributed by atoms with Crippen LogP contribution in [0.2, 0.25) is 0 Å². The number of aliphatic hydroxyl groups excluding tert-OH is 7. The van der Waals surface area contributed by atoms with Crippen molar-refractivity contribution in [2.75, 3.05) is 13.2 Å². The Labute approximate surface area is 424 Å². The molecule has 0 saturated carbocycles. The highest BCUT2D eigenvalue weighted by Crippen LogP contribution is 2.33. The van der Waals surface area contributed by atoms with Gasteiger partial charge in [0.25, 0.3) is 0 Å². The Morgan fingerprint density at radius 1 is 0.486 bits per heavy atom. The minimum atomic E-state index is -1.85. The highest BCUT2D eigenvalue weighted by atomic mass is 16.8. The van der Waals surface area contributed by atoms with Gasteiger partial charge in [-0.25, -0.2) is 0 Å². The van der Waals surface area contributed by atoms with Gasteiger partial charge in [-0.3, -0.25) is 9.59 Å². The highest BCUT2D eigenvalue weighted by molar-refractivity contribution is 5.73. The molecule has 4 unspecified atom stereocenters. The third kappa shape index (κ3) is 26.2. The van der Waals surface area contributed by atoms with Crippen molar-refractivity contribution in [1.29, 1.82) is 0 Å². The molecule has 0 bridgehead atoms. The summed E-state index contributed by atoms with van der Waals surface area (Å²) in [5, 5.41) is 74.5. The van der Waals surface area contributed by atoms with E-state index in [9.17, 15) is 45.3 Å². The third-order valence-electron chi connectivity index (χ3n) is 15.0. The lowest BCUT2D eigenvalue weighted by Gasteiger charge is -2.46. The fraction of sp³-hybridized carbons (Fsp3) is 0.964. The minimum Gasteiger partial charge on any atom is -0.455 e. The Balaban J connectivity index is 1.93. The van der Waals surface area contributed by atoms with E-state index in [2.05, 4.69) is 20.8 Å². The van der Waals surface area contributed by atoms with Gasteiger partial charge in [-0.15, -0.1) is 0 Å². The number of hydrogen-bond acceptors (Lipinski definition) is 14. The summed E-state index contributed by atoms with van der Waals surface area (Å²) in [7, 11) is 0. The average molecular weight is 1000 g/mol. The summed E-state index contributed by atoms with van der Waals surface area (Å²) in [6.45, 7) is 8.60. The number of aliphatic hydroxyl groups is 7. The maximum absolute atomic E-state index is 13.9. The number of carbonyl (C=O) groups is 2. The monoisotopic (exact) mass is 1000 g/mol. The van der Waals surface area contributed by atoms with Crippen molar-refractivity contribution in [3.05, 3.63) is 0 Å². The molecule has 0 aromatic carbocycles. The fourth-order valence-electron chi connectivity index (χ4n) is 10.2. The van der Waals surface area contributed by atoms with Crippen LogP contribution in [0.3, 0.4) is 0 Å². The van der Waals surface area contributed by atoms with Crippen LogP contribution in [-0.2, 0) is 33.3 Å². The van der Waals surface area contributed by atoms with E-state index >= 15 is 0 Å². The van der Waals surface area contributed by atoms with E-state index < -0.39 is 98.6 Å². The van der Waals surface area contributed by atoms with Gasteiger partial charge in [-0.1, -0.05) is 220 Å². The topological polar surface area (TPSA) is 222 Å². The lowest BCUT2D eigenvalue weighted by molar-refractivity contribution is -0.377. The third-order valence-corrected chi connectivity index (χ3v) is 15.0. The van der Waals surface area contributed by atoms with Crippen LogP contribution in [-0.4, -0.2) is 128 Å². The molecule has 2 fully saturated rings. The summed E-state index contributed by atoms with van der Waals surface area (Å²) >= 11 is 0. The van der Waals surface area contributed by atoms with Crippen LogP contribution in [0, 0.1) is 17.8 Å². The van der Waals surface area contributed by atoms with Crippen molar-refractivity contribution in [2.24, 2.45) is 17.8 Å². The van der Waals surface area contributed by atoms with Crippen molar-refractivity contribution in [2.45, 2.75) is 314 Å². The van der Waals surface area contributed by atoms with Crippen LogP contribution in [0.15, 0.2) is 0 Å². The molecule has 70 heavy (non-hydrogen) atoms. The Hall–Kier alpha value is -1.46. The van der Waals surface area contributed by atoms with Gasteiger partial charge in [0.15, 0.2) is 18.5 Å². The molecule has 2 rings (SSSR count). The van der Waals surface area contributed by atoms with E-state index in [4.69, 9.17) is 23.7 Å². The summed E-state index contributed by atoms with van der Waals surface area (Å²) in [5.41, 5.74) is 0. The second-order valence-corrected chi connectivity index (χ2v) is 21.4. The quantitative estimate of drug-likeness (QED) is 0.0223. The first-order valence-corrected chi connectivity index (χ1v) is 28.8. The summed E-state index contributed by atoms with van der Waals surface area (Å²) in [6, 6.07) is 0. The molecule has 14 heteroatoms. The van der Waals surface area contributed by atoms with Crippen molar-refractivity contribution in [3.63, 3.8) is 0 Å². The van der Waals surface area contributed by atoms with Crippen molar-refractivity contribution < 1.29 is 69.0 Å². The molecule has 0 amide bonds. The van der Waals surface area contributed by atoms with Gasteiger partial charge in [0.05, 0.1) is 25.2 Å². The zero-order chi connectivity index (χ0) is 51.5. The van der Waals surface area contributed by atoms with Crippen molar-refractivity contribution in [3.8, 4) is 0 Å². The van der Waals surface area contributed by atoms with Crippen LogP contribution in [0.4, 0.5) is 0 Å². The summed E-state index contributed by atoms with van der Waals surface area (Å²) in [6.07, 6.45) is 21.2. The minimum absolute atomic E-state index is 0.00588. The first-order valence-electron chi connectivity index (χ1n) is 28.8. The molecule has 14 atom stereocenters. The number of unbranched alkanes of at least 4 members (excludes halogenated alkanes) is 28. The standard InChI is InChI=1S/C56H106O14/c1-6-8-10-12-14-16-18-20-22-24-26-28-30-32-34-36-41(3)38-42(4)47(60)43(5)54(65)69-52-49(62)45(40-58)67-56(70-55-51(64)50(63)48(61)44(39-57)66-55)53(52)68-46(59)37-35-33-31-29-27-25-23-21-19-17-15-13-11-9-7-2/h41-45,47-53,55-58,60-64H,6-40H2,1-5H3/t41-,42-,43-,44?,45?,47-,48+,49+,50?,51-,52?,53+,55+,56+/m0/s1. The van der Waals surface area contributed by atoms with Crippen molar-refractivity contribution >= 4 is 11.9 Å². The van der Waals surface area contributed by atoms with Gasteiger partial charge in [-0.2, -0.15) is 0 Å². The van der Waals surface area contributed by atoms with Gasteiger partial charge < -0.3 is 59.4 Å². The fourth-order valence-corrected chi connectivity index (χ4v) is 10.2. The molecule has 0 spiro atoms. The number of carbonyl (C=O) groups excluding carboxylic acids is 2. The summed E-state index contributed by atoms with van der Waals surface area (Å²) in [5.74, 6) is -2.54. The molecule has 2 aliphatic heterocycles. The van der Waals surface area contributed by atoms with E-state index in [-0.39, 0.29) is 12.3 Å². The molecule has 0 aromatic heterocycles. The maximum Gasteiger partial charge on any atom is 0.311 e. The molecular weight excluding hydrogens is 897 g/mol. The zero-order valence-corrected chi connectivity index (χ0v) is 44.8. The molecular formula is C56H106O14. The number of esters is 2. The molecule has 0 aromatic rings.